The molecular weight excluding hydrogens is 252 g/mol. The Labute approximate surface area is 108 Å². The number of nitrogen functional groups attached to an aromatic ring is 1. The normalized spacial score (nSPS) is 31.1. The van der Waals surface area contributed by atoms with Crippen LogP contribution in [0.4, 0.5) is 5.82 Å². The molecule has 0 aromatic carbocycles. The van der Waals surface area contributed by atoms with Crippen molar-refractivity contribution in [3.05, 3.63) is 18.3 Å². The Hall–Kier alpha value is -1.74. The third-order valence-corrected chi connectivity index (χ3v) is 3.25. The predicted octanol–water partition coefficient (Wildman–Crippen LogP) is -1.37. The summed E-state index contributed by atoms with van der Waals surface area (Å²) in [5.74, 6) is 0.265. The topological polar surface area (TPSA) is 127 Å². The summed E-state index contributed by atoms with van der Waals surface area (Å²) in [7, 11) is 0. The molecule has 102 valence electrons. The van der Waals surface area contributed by atoms with Gasteiger partial charge in [0.15, 0.2) is 17.7 Å². The van der Waals surface area contributed by atoms with Gasteiger partial charge in [0, 0.05) is 6.20 Å². The van der Waals surface area contributed by atoms with Crippen LogP contribution < -0.4 is 5.73 Å². The smallest absolute Gasteiger partial charge is 0.181 e. The van der Waals surface area contributed by atoms with E-state index in [0.717, 1.165) is 0 Å². The highest BCUT2D eigenvalue weighted by molar-refractivity contribution is 5.86. The first-order valence-electron chi connectivity index (χ1n) is 5.84. The summed E-state index contributed by atoms with van der Waals surface area (Å²) in [4.78, 5) is 4.14. The Bertz CT molecular complexity index is 601. The highest BCUT2D eigenvalue weighted by atomic mass is 16.6. The van der Waals surface area contributed by atoms with E-state index in [1.54, 1.807) is 18.3 Å². The summed E-state index contributed by atoms with van der Waals surface area (Å²) in [5.41, 5.74) is 6.22. The van der Waals surface area contributed by atoms with E-state index in [1.165, 1.54) is 4.68 Å². The molecule has 1 aliphatic rings. The van der Waals surface area contributed by atoms with Crippen LogP contribution in [0.5, 0.6) is 0 Å². The number of ether oxygens (including phenoxy) is 1. The van der Waals surface area contributed by atoms with Crippen molar-refractivity contribution in [3.8, 4) is 0 Å². The zero-order chi connectivity index (χ0) is 13.6. The summed E-state index contributed by atoms with van der Waals surface area (Å²) in [6.07, 6.45) is -2.60. The fraction of sp³-hybridized carbons (Fsp3) is 0.455. The quantitative estimate of drug-likeness (QED) is 0.528. The van der Waals surface area contributed by atoms with Crippen LogP contribution in [0, 0.1) is 0 Å². The van der Waals surface area contributed by atoms with Crippen LogP contribution in [0.1, 0.15) is 6.23 Å². The SMILES string of the molecule is Nc1nn([C@@H]2O[C@@H](CO)[C@@H](O)[C@@H]2O)c2ncccc12. The van der Waals surface area contributed by atoms with Crippen molar-refractivity contribution < 1.29 is 20.1 Å². The van der Waals surface area contributed by atoms with E-state index in [4.69, 9.17) is 15.6 Å². The third-order valence-electron chi connectivity index (χ3n) is 3.25. The summed E-state index contributed by atoms with van der Waals surface area (Å²) in [6.45, 7) is -0.392. The molecule has 0 unspecified atom stereocenters. The van der Waals surface area contributed by atoms with Gasteiger partial charge in [-0.25, -0.2) is 9.67 Å². The van der Waals surface area contributed by atoms with Gasteiger partial charge in [-0.05, 0) is 12.1 Å². The molecule has 0 bridgehead atoms. The number of pyridine rings is 1. The van der Waals surface area contributed by atoms with Crippen molar-refractivity contribution in [1.82, 2.24) is 14.8 Å². The van der Waals surface area contributed by atoms with E-state index in [-0.39, 0.29) is 5.82 Å². The van der Waals surface area contributed by atoms with Gasteiger partial charge in [-0.3, -0.25) is 0 Å². The number of aliphatic hydroxyl groups is 3. The molecule has 5 N–H and O–H groups in total. The number of rotatable bonds is 2. The lowest BCUT2D eigenvalue weighted by atomic mass is 10.1. The minimum Gasteiger partial charge on any atom is -0.394 e. The lowest BCUT2D eigenvalue weighted by Crippen LogP contribution is -2.33. The van der Waals surface area contributed by atoms with Gasteiger partial charge in [-0.15, -0.1) is 0 Å². The van der Waals surface area contributed by atoms with Crippen molar-refractivity contribution in [2.45, 2.75) is 24.5 Å². The van der Waals surface area contributed by atoms with Gasteiger partial charge in [-0.2, -0.15) is 5.10 Å². The molecule has 0 amide bonds. The molecule has 0 saturated carbocycles. The zero-order valence-corrected chi connectivity index (χ0v) is 9.92. The van der Waals surface area contributed by atoms with Crippen molar-refractivity contribution >= 4 is 16.9 Å². The van der Waals surface area contributed by atoms with Gasteiger partial charge >= 0.3 is 0 Å². The zero-order valence-electron chi connectivity index (χ0n) is 9.92. The van der Waals surface area contributed by atoms with Gasteiger partial charge in [0.25, 0.3) is 0 Å². The van der Waals surface area contributed by atoms with Crippen molar-refractivity contribution in [2.75, 3.05) is 12.3 Å². The molecule has 0 spiro atoms. The second-order valence-corrected chi connectivity index (χ2v) is 4.43. The molecule has 1 fully saturated rings. The molecule has 8 nitrogen and oxygen atoms in total. The van der Waals surface area contributed by atoms with E-state index >= 15 is 0 Å². The molecule has 2 aromatic rings. The lowest BCUT2D eigenvalue weighted by Gasteiger charge is -2.15. The summed E-state index contributed by atoms with van der Waals surface area (Å²) < 4.78 is 6.73. The monoisotopic (exact) mass is 266 g/mol. The van der Waals surface area contributed by atoms with Gasteiger partial charge in [0.05, 0.1) is 12.0 Å². The van der Waals surface area contributed by atoms with Crippen LogP contribution in [0.2, 0.25) is 0 Å². The molecule has 3 rings (SSSR count). The maximum Gasteiger partial charge on any atom is 0.181 e. The summed E-state index contributed by atoms with van der Waals surface area (Å²) in [5, 5.41) is 33.5. The molecule has 0 aliphatic carbocycles. The first-order valence-corrected chi connectivity index (χ1v) is 5.84. The second kappa shape index (κ2) is 4.42. The Balaban J connectivity index is 2.06. The van der Waals surface area contributed by atoms with E-state index in [1.807, 2.05) is 0 Å². The molecule has 3 heterocycles. The van der Waals surface area contributed by atoms with Crippen molar-refractivity contribution in [1.29, 1.82) is 0 Å². The Kier molecular flexibility index (Phi) is 2.86. The van der Waals surface area contributed by atoms with Crippen LogP contribution in [-0.2, 0) is 4.74 Å². The third kappa shape index (κ3) is 1.77. The maximum absolute atomic E-state index is 9.97. The standard InChI is InChI=1S/C11H14N4O4/c12-9-5-2-1-3-13-10(5)15(14-9)11-8(18)7(17)6(4-16)19-11/h1-3,6-8,11,16-18H,4H2,(H2,12,14)/t6-,7+,8-,11+/m0/s1. The molecule has 4 atom stereocenters. The first-order chi connectivity index (χ1) is 9.13. The van der Waals surface area contributed by atoms with Gasteiger partial charge in [0.2, 0.25) is 0 Å². The average Bonchev–Trinajstić information content (AvgIpc) is 2.90. The summed E-state index contributed by atoms with van der Waals surface area (Å²) in [6, 6.07) is 3.48. The Morgan fingerprint density at radius 2 is 2.16 bits per heavy atom. The van der Waals surface area contributed by atoms with E-state index in [9.17, 15) is 10.2 Å². The van der Waals surface area contributed by atoms with Gasteiger partial charge in [-0.1, -0.05) is 0 Å². The minimum absolute atomic E-state index is 0.265. The lowest BCUT2D eigenvalue weighted by molar-refractivity contribution is -0.0565. The maximum atomic E-state index is 9.97. The van der Waals surface area contributed by atoms with Crippen LogP contribution in [-0.4, -0.2) is 55.0 Å². The molecule has 1 saturated heterocycles. The fourth-order valence-corrected chi connectivity index (χ4v) is 2.26. The van der Waals surface area contributed by atoms with Crippen LogP contribution in [0.3, 0.4) is 0 Å². The number of aliphatic hydroxyl groups excluding tert-OH is 3. The largest absolute Gasteiger partial charge is 0.394 e. The van der Waals surface area contributed by atoms with E-state index < -0.39 is 31.1 Å². The molecule has 0 radical (unpaired) electrons. The number of hydrogen-bond acceptors (Lipinski definition) is 7. The van der Waals surface area contributed by atoms with Crippen LogP contribution in [0.15, 0.2) is 18.3 Å². The van der Waals surface area contributed by atoms with Crippen molar-refractivity contribution in [3.63, 3.8) is 0 Å². The summed E-state index contributed by atoms with van der Waals surface area (Å²) >= 11 is 0. The van der Waals surface area contributed by atoms with Crippen molar-refractivity contribution in [2.24, 2.45) is 0 Å². The highest BCUT2D eigenvalue weighted by Gasteiger charge is 2.44. The fourth-order valence-electron chi connectivity index (χ4n) is 2.26. The van der Waals surface area contributed by atoms with Gasteiger partial charge in [0.1, 0.15) is 18.3 Å². The molecule has 2 aromatic heterocycles. The number of fused-ring (bicyclic) bond motifs is 1. The number of nitrogens with zero attached hydrogens (tertiary/aromatic N) is 3. The van der Waals surface area contributed by atoms with Gasteiger partial charge < -0.3 is 25.8 Å². The second-order valence-electron chi connectivity index (χ2n) is 4.43. The highest BCUT2D eigenvalue weighted by Crippen LogP contribution is 2.32. The Morgan fingerprint density at radius 3 is 2.84 bits per heavy atom. The number of aromatic nitrogens is 3. The van der Waals surface area contributed by atoms with E-state index in [2.05, 4.69) is 10.1 Å². The van der Waals surface area contributed by atoms with E-state index in [0.29, 0.717) is 11.0 Å². The molecule has 1 aliphatic heterocycles. The molecular formula is C11H14N4O4. The minimum atomic E-state index is -1.21. The Morgan fingerprint density at radius 1 is 1.37 bits per heavy atom. The molecule has 19 heavy (non-hydrogen) atoms. The number of anilines is 1. The van der Waals surface area contributed by atoms with Crippen LogP contribution in [0.25, 0.3) is 11.0 Å². The van der Waals surface area contributed by atoms with Crippen LogP contribution >= 0.6 is 0 Å². The predicted molar refractivity (Wildman–Crippen MR) is 64.9 cm³/mol. The number of hydrogen-bond donors (Lipinski definition) is 4. The molecule has 8 heteroatoms. The number of nitrogens with two attached hydrogens (primary N) is 1. The first kappa shape index (κ1) is 12.3. The average molecular weight is 266 g/mol.